The van der Waals surface area contributed by atoms with E-state index in [0.717, 1.165) is 0 Å². The average Bonchev–Trinajstić information content (AvgIpc) is 2.04. The third-order valence-electron chi connectivity index (χ3n) is 1.66. The van der Waals surface area contributed by atoms with E-state index in [2.05, 4.69) is 5.32 Å². The number of nitrogens with one attached hydrogen (secondary N) is 2. The van der Waals surface area contributed by atoms with Gasteiger partial charge in [0.05, 0.1) is 6.04 Å². The van der Waals surface area contributed by atoms with Gasteiger partial charge in [-0.1, -0.05) is 0 Å². The molecule has 0 fully saturated rings. The minimum absolute atomic E-state index is 0.0299. The number of hydrazine groups is 1. The lowest BCUT2D eigenvalue weighted by Gasteiger charge is -2.10. The Morgan fingerprint density at radius 2 is 2.08 bits per heavy atom. The van der Waals surface area contributed by atoms with Gasteiger partial charge in [-0.15, -0.1) is 0 Å². The number of rotatable bonds is 5. The predicted octanol–water partition coefficient (Wildman–Crippen LogP) is -1.07. The van der Waals surface area contributed by atoms with Crippen molar-refractivity contribution in [1.29, 1.82) is 0 Å². The average molecular weight is 173 g/mol. The number of carbonyl (C=O) groups is 2. The summed E-state index contributed by atoms with van der Waals surface area (Å²) in [5.74, 6) is 4.65. The van der Waals surface area contributed by atoms with Crippen LogP contribution in [0.25, 0.3) is 0 Å². The van der Waals surface area contributed by atoms with Crippen LogP contribution in [0, 0.1) is 0 Å². The van der Waals surface area contributed by atoms with E-state index in [1.54, 1.807) is 7.05 Å². The number of carbonyl (C=O) groups excluding carboxylic acids is 2. The van der Waals surface area contributed by atoms with Crippen LogP contribution in [-0.2, 0) is 9.59 Å². The van der Waals surface area contributed by atoms with Crippen LogP contribution < -0.4 is 16.6 Å². The van der Waals surface area contributed by atoms with Crippen molar-refractivity contribution in [3.63, 3.8) is 0 Å². The Labute approximate surface area is 71.7 Å². The van der Waals surface area contributed by atoms with Crippen LogP contribution in [0.4, 0.5) is 0 Å². The molecule has 1 amide bonds. The highest BCUT2D eigenvalue weighted by molar-refractivity contribution is 5.82. The molecule has 4 N–H and O–H groups in total. The smallest absolute Gasteiger partial charge is 0.233 e. The lowest BCUT2D eigenvalue weighted by molar-refractivity contribution is -0.122. The van der Waals surface area contributed by atoms with Crippen molar-refractivity contribution in [3.8, 4) is 0 Å². The summed E-state index contributed by atoms with van der Waals surface area (Å²) in [6, 6.07) is -0.248. The van der Waals surface area contributed by atoms with Gasteiger partial charge in [0.25, 0.3) is 0 Å². The highest BCUT2D eigenvalue weighted by atomic mass is 16.2. The fourth-order valence-electron chi connectivity index (χ4n) is 0.898. The largest absolute Gasteiger partial charge is 0.311 e. The molecule has 0 aromatic carbocycles. The summed E-state index contributed by atoms with van der Waals surface area (Å²) < 4.78 is 0. The Kier molecular flexibility index (Phi) is 5.23. The van der Waals surface area contributed by atoms with Crippen molar-refractivity contribution in [2.45, 2.75) is 25.8 Å². The Hall–Kier alpha value is -0.940. The van der Waals surface area contributed by atoms with Gasteiger partial charge in [0.1, 0.15) is 5.78 Å². The fourth-order valence-corrected chi connectivity index (χ4v) is 0.898. The summed E-state index contributed by atoms with van der Waals surface area (Å²) in [4.78, 5) is 21.5. The standard InChI is InChI=1S/C7H15N3O2/c1-5(11)6(9-2)3-4-7(12)10-8/h6,9H,3-4,8H2,1-2H3,(H,10,12). The number of hydrogen-bond acceptors (Lipinski definition) is 4. The monoisotopic (exact) mass is 173 g/mol. The van der Waals surface area contributed by atoms with Crippen molar-refractivity contribution in [2.24, 2.45) is 5.84 Å². The number of ketones is 1. The van der Waals surface area contributed by atoms with E-state index in [9.17, 15) is 9.59 Å². The number of nitrogens with two attached hydrogens (primary N) is 1. The third kappa shape index (κ3) is 4.05. The molecule has 0 aliphatic carbocycles. The maximum Gasteiger partial charge on any atom is 0.233 e. The van der Waals surface area contributed by atoms with Crippen LogP contribution in [0.3, 0.4) is 0 Å². The normalized spacial score (nSPS) is 12.2. The van der Waals surface area contributed by atoms with Gasteiger partial charge in [-0.05, 0) is 20.4 Å². The van der Waals surface area contributed by atoms with E-state index < -0.39 is 0 Å². The summed E-state index contributed by atoms with van der Waals surface area (Å²) in [5.41, 5.74) is 2.01. The summed E-state index contributed by atoms with van der Waals surface area (Å²) in [5, 5.41) is 2.81. The van der Waals surface area contributed by atoms with E-state index in [4.69, 9.17) is 5.84 Å². The molecule has 5 nitrogen and oxygen atoms in total. The van der Waals surface area contributed by atoms with E-state index >= 15 is 0 Å². The molecule has 5 heteroatoms. The highest BCUT2D eigenvalue weighted by Gasteiger charge is 2.12. The van der Waals surface area contributed by atoms with Gasteiger partial charge < -0.3 is 5.32 Å². The first-order valence-corrected chi connectivity index (χ1v) is 3.79. The van der Waals surface area contributed by atoms with Gasteiger partial charge in [-0.25, -0.2) is 5.84 Å². The third-order valence-corrected chi connectivity index (χ3v) is 1.66. The Morgan fingerprint density at radius 1 is 1.50 bits per heavy atom. The molecule has 0 heterocycles. The van der Waals surface area contributed by atoms with Crippen LogP contribution in [0.2, 0.25) is 0 Å². The zero-order chi connectivity index (χ0) is 9.56. The molecule has 0 aromatic rings. The topological polar surface area (TPSA) is 84.2 Å². The summed E-state index contributed by atoms with van der Waals surface area (Å²) in [6.07, 6.45) is 0.746. The molecule has 0 saturated heterocycles. The fraction of sp³-hybridized carbons (Fsp3) is 0.714. The highest BCUT2D eigenvalue weighted by Crippen LogP contribution is 1.97. The molecular formula is C7H15N3O2. The van der Waals surface area contributed by atoms with Gasteiger partial charge in [-0.2, -0.15) is 0 Å². The number of amides is 1. The van der Waals surface area contributed by atoms with Gasteiger partial charge in [0, 0.05) is 6.42 Å². The van der Waals surface area contributed by atoms with Crippen LogP contribution in [0.15, 0.2) is 0 Å². The van der Waals surface area contributed by atoms with Crippen molar-refractivity contribution >= 4 is 11.7 Å². The molecule has 0 rings (SSSR count). The molecule has 0 aliphatic heterocycles. The molecule has 0 radical (unpaired) electrons. The molecule has 0 aliphatic rings. The minimum atomic E-state index is -0.253. The van der Waals surface area contributed by atoms with Crippen molar-refractivity contribution < 1.29 is 9.59 Å². The molecule has 1 unspecified atom stereocenters. The molecule has 0 aromatic heterocycles. The maximum atomic E-state index is 10.9. The van der Waals surface area contributed by atoms with E-state index in [1.807, 2.05) is 5.43 Å². The zero-order valence-corrected chi connectivity index (χ0v) is 7.39. The molecule has 0 bridgehead atoms. The first-order chi connectivity index (χ1) is 5.61. The second-order valence-electron chi connectivity index (χ2n) is 2.56. The van der Waals surface area contributed by atoms with E-state index in [-0.39, 0.29) is 24.2 Å². The van der Waals surface area contributed by atoms with Gasteiger partial charge in [0.2, 0.25) is 5.91 Å². The number of hydrogen-bond donors (Lipinski definition) is 3. The quantitative estimate of drug-likeness (QED) is 0.281. The van der Waals surface area contributed by atoms with Crippen LogP contribution >= 0.6 is 0 Å². The van der Waals surface area contributed by atoms with Gasteiger partial charge >= 0.3 is 0 Å². The summed E-state index contributed by atoms with van der Waals surface area (Å²) in [6.45, 7) is 1.49. The molecule has 70 valence electrons. The van der Waals surface area contributed by atoms with E-state index in [1.165, 1.54) is 6.92 Å². The summed E-state index contributed by atoms with van der Waals surface area (Å²) >= 11 is 0. The van der Waals surface area contributed by atoms with Crippen molar-refractivity contribution in [1.82, 2.24) is 10.7 Å². The van der Waals surface area contributed by atoms with Crippen LogP contribution in [0.5, 0.6) is 0 Å². The second-order valence-corrected chi connectivity index (χ2v) is 2.56. The molecule has 1 atom stereocenters. The summed E-state index contributed by atoms with van der Waals surface area (Å²) in [7, 11) is 1.69. The lowest BCUT2D eigenvalue weighted by Crippen LogP contribution is -2.35. The van der Waals surface area contributed by atoms with Crippen molar-refractivity contribution in [3.05, 3.63) is 0 Å². The first kappa shape index (κ1) is 11.1. The molecule has 0 spiro atoms. The van der Waals surface area contributed by atoms with Gasteiger partial charge in [0.15, 0.2) is 0 Å². The minimum Gasteiger partial charge on any atom is -0.311 e. The van der Waals surface area contributed by atoms with Crippen LogP contribution in [-0.4, -0.2) is 24.8 Å². The molecule has 0 saturated carbocycles. The SMILES string of the molecule is CNC(CCC(=O)NN)C(C)=O. The predicted molar refractivity (Wildman–Crippen MR) is 45.1 cm³/mol. The number of Topliss-reactive ketones (excluding diaryl/α,β-unsaturated/α-hetero) is 1. The number of likely N-dealkylation sites (N-methyl/N-ethyl adjacent to an activating group) is 1. The lowest BCUT2D eigenvalue weighted by atomic mass is 10.1. The molecular weight excluding hydrogens is 158 g/mol. The Balaban J connectivity index is 3.73. The Bertz CT molecular complexity index is 170. The van der Waals surface area contributed by atoms with Gasteiger partial charge in [-0.3, -0.25) is 15.0 Å². The zero-order valence-electron chi connectivity index (χ0n) is 7.39. The Morgan fingerprint density at radius 3 is 2.42 bits per heavy atom. The first-order valence-electron chi connectivity index (χ1n) is 3.79. The van der Waals surface area contributed by atoms with E-state index in [0.29, 0.717) is 6.42 Å². The molecule has 12 heavy (non-hydrogen) atoms. The maximum absolute atomic E-state index is 10.9. The second kappa shape index (κ2) is 5.68. The van der Waals surface area contributed by atoms with Crippen molar-refractivity contribution in [2.75, 3.05) is 7.05 Å². The van der Waals surface area contributed by atoms with Crippen LogP contribution in [0.1, 0.15) is 19.8 Å².